The number of amides is 1. The SMILES string of the molecule is C[C@@H](CS(C)(=O)=O)N[C@H](C)c1ccc(N2CCCC2=O)cc1. The number of carbonyl (C=O) groups excluding carboxylic acids is 1. The summed E-state index contributed by atoms with van der Waals surface area (Å²) < 4.78 is 22.6. The van der Waals surface area contributed by atoms with E-state index in [0.717, 1.165) is 24.2 Å². The zero-order chi connectivity index (χ0) is 16.3. The molecule has 1 N–H and O–H groups in total. The van der Waals surface area contributed by atoms with Gasteiger partial charge in [0.25, 0.3) is 0 Å². The first-order chi connectivity index (χ1) is 10.3. The smallest absolute Gasteiger partial charge is 0.227 e. The molecular formula is C16H24N2O3S. The lowest BCUT2D eigenvalue weighted by Crippen LogP contribution is -2.34. The van der Waals surface area contributed by atoms with Gasteiger partial charge in [-0.05, 0) is 38.0 Å². The molecule has 0 saturated carbocycles. The van der Waals surface area contributed by atoms with E-state index in [0.29, 0.717) is 6.42 Å². The monoisotopic (exact) mass is 324 g/mol. The van der Waals surface area contributed by atoms with Crippen molar-refractivity contribution in [3.8, 4) is 0 Å². The Morgan fingerprint density at radius 1 is 1.23 bits per heavy atom. The van der Waals surface area contributed by atoms with Crippen LogP contribution in [0.15, 0.2) is 24.3 Å². The summed E-state index contributed by atoms with van der Waals surface area (Å²) in [6.07, 6.45) is 2.79. The van der Waals surface area contributed by atoms with Gasteiger partial charge in [0, 0.05) is 37.0 Å². The second kappa shape index (κ2) is 6.79. The summed E-state index contributed by atoms with van der Waals surface area (Å²) in [5.41, 5.74) is 2.01. The molecule has 1 amide bonds. The molecule has 1 fully saturated rings. The molecule has 1 saturated heterocycles. The Kier molecular flexibility index (Phi) is 5.24. The number of sulfone groups is 1. The molecule has 6 heteroatoms. The van der Waals surface area contributed by atoms with Crippen molar-refractivity contribution >= 4 is 21.4 Å². The van der Waals surface area contributed by atoms with Gasteiger partial charge in [0.15, 0.2) is 0 Å². The van der Waals surface area contributed by atoms with Gasteiger partial charge in [-0.15, -0.1) is 0 Å². The first kappa shape index (κ1) is 17.0. The third kappa shape index (κ3) is 4.55. The van der Waals surface area contributed by atoms with Crippen molar-refractivity contribution in [1.82, 2.24) is 5.32 Å². The minimum Gasteiger partial charge on any atom is -0.312 e. The van der Waals surface area contributed by atoms with Crippen LogP contribution in [0.2, 0.25) is 0 Å². The molecule has 122 valence electrons. The highest BCUT2D eigenvalue weighted by Crippen LogP contribution is 2.23. The van der Waals surface area contributed by atoms with E-state index in [-0.39, 0.29) is 23.7 Å². The normalized spacial score (nSPS) is 18.5. The van der Waals surface area contributed by atoms with Crippen LogP contribution in [0.4, 0.5) is 5.69 Å². The van der Waals surface area contributed by atoms with Gasteiger partial charge in [-0.2, -0.15) is 0 Å². The number of benzene rings is 1. The summed E-state index contributed by atoms with van der Waals surface area (Å²) in [5, 5.41) is 3.29. The fraction of sp³-hybridized carbons (Fsp3) is 0.562. The standard InChI is InChI=1S/C16H24N2O3S/c1-12(11-22(3,20)21)17-13(2)14-6-8-15(9-7-14)18-10-4-5-16(18)19/h6-9,12-13,17H,4-5,10-11H2,1-3H3/t12-,13+/m0/s1. The van der Waals surface area contributed by atoms with Crippen molar-refractivity contribution < 1.29 is 13.2 Å². The van der Waals surface area contributed by atoms with Crippen molar-refractivity contribution in [2.75, 3.05) is 23.5 Å². The number of nitrogens with one attached hydrogen (secondary N) is 1. The van der Waals surface area contributed by atoms with E-state index >= 15 is 0 Å². The number of rotatable bonds is 6. The van der Waals surface area contributed by atoms with Gasteiger partial charge < -0.3 is 10.2 Å². The highest BCUT2D eigenvalue weighted by atomic mass is 32.2. The van der Waals surface area contributed by atoms with Gasteiger partial charge in [-0.25, -0.2) is 8.42 Å². The second-order valence-electron chi connectivity index (χ2n) is 6.12. The lowest BCUT2D eigenvalue weighted by atomic mass is 10.1. The van der Waals surface area contributed by atoms with Crippen molar-refractivity contribution in [3.05, 3.63) is 29.8 Å². The number of anilines is 1. The maximum atomic E-state index is 11.7. The maximum Gasteiger partial charge on any atom is 0.227 e. The largest absolute Gasteiger partial charge is 0.312 e. The van der Waals surface area contributed by atoms with Crippen LogP contribution in [0.25, 0.3) is 0 Å². The van der Waals surface area contributed by atoms with Gasteiger partial charge in [0.05, 0.1) is 5.75 Å². The van der Waals surface area contributed by atoms with Crippen molar-refractivity contribution in [2.45, 2.75) is 38.8 Å². The molecule has 0 spiro atoms. The summed E-state index contributed by atoms with van der Waals surface area (Å²) in [6.45, 7) is 4.67. The number of hydrogen-bond donors (Lipinski definition) is 1. The molecule has 1 aliphatic rings. The minimum atomic E-state index is -2.98. The molecule has 2 rings (SSSR count). The third-order valence-electron chi connectivity index (χ3n) is 3.87. The Balaban J connectivity index is 1.99. The number of carbonyl (C=O) groups is 1. The molecule has 0 aliphatic carbocycles. The van der Waals surface area contributed by atoms with Crippen LogP contribution >= 0.6 is 0 Å². The molecule has 5 nitrogen and oxygen atoms in total. The van der Waals surface area contributed by atoms with Gasteiger partial charge in [0.1, 0.15) is 9.84 Å². The second-order valence-corrected chi connectivity index (χ2v) is 8.31. The zero-order valence-corrected chi connectivity index (χ0v) is 14.2. The summed E-state index contributed by atoms with van der Waals surface area (Å²) in [6, 6.07) is 7.85. The summed E-state index contributed by atoms with van der Waals surface area (Å²) in [5.74, 6) is 0.304. The van der Waals surface area contributed by atoms with E-state index in [9.17, 15) is 13.2 Å². The topological polar surface area (TPSA) is 66.5 Å². The Hall–Kier alpha value is -1.40. The van der Waals surface area contributed by atoms with Crippen LogP contribution in [-0.4, -0.2) is 38.9 Å². The van der Waals surface area contributed by atoms with Crippen LogP contribution < -0.4 is 10.2 Å². The molecule has 0 bridgehead atoms. The van der Waals surface area contributed by atoms with Crippen molar-refractivity contribution in [2.24, 2.45) is 0 Å². The lowest BCUT2D eigenvalue weighted by Gasteiger charge is -2.21. The Labute approximate surface area is 132 Å². The van der Waals surface area contributed by atoms with Crippen LogP contribution in [-0.2, 0) is 14.6 Å². The third-order valence-corrected chi connectivity index (χ3v) is 4.97. The van der Waals surface area contributed by atoms with E-state index in [1.807, 2.05) is 43.0 Å². The Morgan fingerprint density at radius 2 is 1.86 bits per heavy atom. The number of hydrogen-bond acceptors (Lipinski definition) is 4. The van der Waals surface area contributed by atoms with Crippen LogP contribution in [0.3, 0.4) is 0 Å². The van der Waals surface area contributed by atoms with E-state index < -0.39 is 9.84 Å². The molecular weight excluding hydrogens is 300 g/mol. The first-order valence-electron chi connectivity index (χ1n) is 7.60. The first-order valence-corrected chi connectivity index (χ1v) is 9.66. The highest BCUT2D eigenvalue weighted by Gasteiger charge is 2.21. The molecule has 1 aliphatic heterocycles. The lowest BCUT2D eigenvalue weighted by molar-refractivity contribution is -0.117. The molecule has 22 heavy (non-hydrogen) atoms. The molecule has 0 radical (unpaired) electrons. The molecule has 1 heterocycles. The number of nitrogens with zero attached hydrogens (tertiary/aromatic N) is 1. The van der Waals surface area contributed by atoms with E-state index in [4.69, 9.17) is 0 Å². The maximum absolute atomic E-state index is 11.7. The Bertz CT molecular complexity index is 625. The fourth-order valence-corrected chi connectivity index (χ4v) is 3.89. The van der Waals surface area contributed by atoms with Crippen LogP contribution in [0.1, 0.15) is 38.3 Å². The predicted molar refractivity (Wildman–Crippen MR) is 88.8 cm³/mol. The summed E-state index contributed by atoms with van der Waals surface area (Å²) in [7, 11) is -2.98. The molecule has 2 atom stereocenters. The molecule has 1 aromatic rings. The van der Waals surface area contributed by atoms with Crippen molar-refractivity contribution in [1.29, 1.82) is 0 Å². The highest BCUT2D eigenvalue weighted by molar-refractivity contribution is 7.90. The predicted octanol–water partition coefficient (Wildman–Crippen LogP) is 1.90. The Morgan fingerprint density at radius 3 is 2.36 bits per heavy atom. The van der Waals surface area contributed by atoms with E-state index in [1.165, 1.54) is 6.26 Å². The van der Waals surface area contributed by atoms with E-state index in [2.05, 4.69) is 5.32 Å². The zero-order valence-electron chi connectivity index (χ0n) is 13.4. The van der Waals surface area contributed by atoms with Gasteiger partial charge >= 0.3 is 0 Å². The minimum absolute atomic E-state index is 0.0556. The average molecular weight is 324 g/mol. The average Bonchev–Trinajstić information content (AvgIpc) is 2.83. The fourth-order valence-electron chi connectivity index (χ4n) is 2.89. The molecule has 1 aromatic carbocycles. The molecule has 0 aromatic heterocycles. The van der Waals surface area contributed by atoms with Crippen molar-refractivity contribution in [3.63, 3.8) is 0 Å². The van der Waals surface area contributed by atoms with Gasteiger partial charge in [-0.1, -0.05) is 12.1 Å². The summed E-state index contributed by atoms with van der Waals surface area (Å²) in [4.78, 5) is 13.5. The van der Waals surface area contributed by atoms with Crippen LogP contribution in [0, 0.1) is 0 Å². The van der Waals surface area contributed by atoms with E-state index in [1.54, 1.807) is 0 Å². The molecule has 0 unspecified atom stereocenters. The van der Waals surface area contributed by atoms with Crippen LogP contribution in [0.5, 0.6) is 0 Å². The summed E-state index contributed by atoms with van der Waals surface area (Å²) >= 11 is 0. The van der Waals surface area contributed by atoms with Gasteiger partial charge in [0.2, 0.25) is 5.91 Å². The quantitative estimate of drug-likeness (QED) is 0.868. The van der Waals surface area contributed by atoms with Gasteiger partial charge in [-0.3, -0.25) is 4.79 Å².